The van der Waals surface area contributed by atoms with E-state index in [0.717, 1.165) is 42.3 Å². The first kappa shape index (κ1) is 20.2. The van der Waals surface area contributed by atoms with Crippen LogP contribution in [0.5, 0.6) is 0 Å². The quantitative estimate of drug-likeness (QED) is 0.441. The maximum absolute atomic E-state index is 12.6. The first-order valence-electron chi connectivity index (χ1n) is 9.19. The normalized spacial score (nSPS) is 15.0. The van der Waals surface area contributed by atoms with Crippen molar-refractivity contribution < 1.29 is 9.53 Å². The summed E-state index contributed by atoms with van der Waals surface area (Å²) in [6.45, 7) is 5.14. The average Bonchev–Trinajstić information content (AvgIpc) is 3.10. The van der Waals surface area contributed by atoms with Crippen LogP contribution in [0.25, 0.3) is 10.1 Å². The lowest BCUT2D eigenvalue weighted by Crippen LogP contribution is -2.36. The largest absolute Gasteiger partial charge is 0.378 e. The third kappa shape index (κ3) is 4.26. The average molecular weight is 448 g/mol. The van der Waals surface area contributed by atoms with Crippen molar-refractivity contribution in [3.05, 3.63) is 63.0 Å². The Morgan fingerprint density at radius 3 is 2.55 bits per heavy atom. The third-order valence-electron chi connectivity index (χ3n) is 4.80. The SMILES string of the molecule is CC(=NNC(=O)c1sc2cccc(Cl)c2c1Cl)c1ccc(N2CCOCC2)cc1. The van der Waals surface area contributed by atoms with Crippen LogP contribution in [-0.2, 0) is 4.74 Å². The molecule has 0 aliphatic carbocycles. The predicted molar refractivity (Wildman–Crippen MR) is 121 cm³/mol. The summed E-state index contributed by atoms with van der Waals surface area (Å²) in [4.78, 5) is 15.3. The van der Waals surface area contributed by atoms with Crippen molar-refractivity contribution in [3.63, 3.8) is 0 Å². The highest BCUT2D eigenvalue weighted by molar-refractivity contribution is 7.21. The van der Waals surface area contributed by atoms with Gasteiger partial charge in [-0.2, -0.15) is 5.10 Å². The summed E-state index contributed by atoms with van der Waals surface area (Å²) in [5.74, 6) is -0.350. The Kier molecular flexibility index (Phi) is 6.06. The molecule has 3 aromatic rings. The van der Waals surface area contributed by atoms with Crippen molar-refractivity contribution in [1.29, 1.82) is 0 Å². The van der Waals surface area contributed by atoms with Gasteiger partial charge in [0.2, 0.25) is 0 Å². The van der Waals surface area contributed by atoms with Crippen LogP contribution < -0.4 is 10.3 Å². The van der Waals surface area contributed by atoms with E-state index < -0.39 is 0 Å². The number of ether oxygens (including phenoxy) is 1. The molecular formula is C21H19Cl2N3O2S. The van der Waals surface area contributed by atoms with Crippen molar-refractivity contribution in [2.45, 2.75) is 6.92 Å². The number of anilines is 1. The van der Waals surface area contributed by atoms with E-state index in [0.29, 0.717) is 26.0 Å². The molecule has 150 valence electrons. The minimum Gasteiger partial charge on any atom is -0.378 e. The highest BCUT2D eigenvalue weighted by Gasteiger charge is 2.18. The molecule has 0 spiro atoms. The fraction of sp³-hybridized carbons (Fsp3) is 0.238. The molecule has 4 rings (SSSR count). The van der Waals surface area contributed by atoms with Crippen molar-refractivity contribution in [2.24, 2.45) is 5.10 Å². The lowest BCUT2D eigenvalue weighted by molar-refractivity contribution is 0.0959. The van der Waals surface area contributed by atoms with E-state index in [2.05, 4.69) is 27.6 Å². The number of carbonyl (C=O) groups excluding carboxylic acids is 1. The van der Waals surface area contributed by atoms with E-state index in [4.69, 9.17) is 27.9 Å². The molecule has 0 radical (unpaired) electrons. The zero-order valence-corrected chi connectivity index (χ0v) is 18.1. The molecule has 1 N–H and O–H groups in total. The molecule has 0 saturated carbocycles. The van der Waals surface area contributed by atoms with Gasteiger partial charge in [-0.25, -0.2) is 5.43 Å². The highest BCUT2D eigenvalue weighted by atomic mass is 35.5. The Hall–Kier alpha value is -2.12. The van der Waals surface area contributed by atoms with E-state index in [1.807, 2.05) is 31.2 Å². The predicted octanol–water partition coefficient (Wildman–Crippen LogP) is 5.20. The molecule has 0 unspecified atom stereocenters. The standard InChI is InChI=1S/C21H19Cl2N3O2S/c1-13(14-5-7-15(8-6-14)26-9-11-28-12-10-26)24-25-21(27)20-19(23)18-16(22)3-2-4-17(18)29-20/h2-8H,9-12H2,1H3,(H,25,27). The van der Waals surface area contributed by atoms with Gasteiger partial charge in [-0.1, -0.05) is 41.4 Å². The number of benzene rings is 2. The van der Waals surface area contributed by atoms with Crippen molar-refractivity contribution in [1.82, 2.24) is 5.43 Å². The molecule has 5 nitrogen and oxygen atoms in total. The number of thiophene rings is 1. The number of carbonyl (C=O) groups is 1. The monoisotopic (exact) mass is 447 g/mol. The van der Waals surface area contributed by atoms with E-state index >= 15 is 0 Å². The van der Waals surface area contributed by atoms with Gasteiger partial charge >= 0.3 is 0 Å². The van der Waals surface area contributed by atoms with E-state index in [9.17, 15) is 4.79 Å². The van der Waals surface area contributed by atoms with Crippen LogP contribution in [0.2, 0.25) is 10.0 Å². The third-order valence-corrected chi connectivity index (χ3v) is 6.76. The van der Waals surface area contributed by atoms with Crippen LogP contribution >= 0.6 is 34.5 Å². The summed E-state index contributed by atoms with van der Waals surface area (Å²) in [6.07, 6.45) is 0. The van der Waals surface area contributed by atoms with Crippen molar-refractivity contribution in [2.75, 3.05) is 31.2 Å². The second kappa shape index (κ2) is 8.71. The van der Waals surface area contributed by atoms with Gasteiger partial charge in [-0.15, -0.1) is 11.3 Å². The van der Waals surface area contributed by atoms with Crippen LogP contribution in [0, 0.1) is 0 Å². The summed E-state index contributed by atoms with van der Waals surface area (Å²) < 4.78 is 6.26. The minimum absolute atomic E-state index is 0.350. The Morgan fingerprint density at radius 1 is 1.14 bits per heavy atom. The molecule has 1 amide bonds. The minimum atomic E-state index is -0.350. The summed E-state index contributed by atoms with van der Waals surface area (Å²) in [5, 5.41) is 5.83. The number of hydrogen-bond acceptors (Lipinski definition) is 5. The van der Waals surface area contributed by atoms with Gasteiger partial charge < -0.3 is 9.64 Å². The molecule has 2 heterocycles. The van der Waals surface area contributed by atoms with Crippen LogP contribution in [0.4, 0.5) is 5.69 Å². The summed E-state index contributed by atoms with van der Waals surface area (Å²) >= 11 is 13.9. The van der Waals surface area contributed by atoms with Crippen LogP contribution in [0.3, 0.4) is 0 Å². The van der Waals surface area contributed by atoms with Gasteiger partial charge in [0.05, 0.1) is 29.0 Å². The number of nitrogens with one attached hydrogen (secondary N) is 1. The molecule has 2 aromatic carbocycles. The molecule has 1 fully saturated rings. The number of amides is 1. The number of fused-ring (bicyclic) bond motifs is 1. The van der Waals surface area contributed by atoms with E-state index in [1.54, 1.807) is 6.07 Å². The molecule has 8 heteroatoms. The number of hydrogen-bond donors (Lipinski definition) is 1. The smallest absolute Gasteiger partial charge is 0.283 e. The van der Waals surface area contributed by atoms with E-state index in [1.165, 1.54) is 11.3 Å². The molecule has 1 aromatic heterocycles. The van der Waals surface area contributed by atoms with Crippen LogP contribution in [0.15, 0.2) is 47.6 Å². The van der Waals surface area contributed by atoms with Gasteiger partial charge in [-0.05, 0) is 36.8 Å². The maximum Gasteiger partial charge on any atom is 0.283 e. The van der Waals surface area contributed by atoms with Crippen LogP contribution in [0.1, 0.15) is 22.2 Å². The van der Waals surface area contributed by atoms with E-state index in [-0.39, 0.29) is 5.91 Å². The molecule has 29 heavy (non-hydrogen) atoms. The number of hydrazone groups is 1. The zero-order valence-electron chi connectivity index (χ0n) is 15.7. The second-order valence-electron chi connectivity index (χ2n) is 6.64. The Morgan fingerprint density at radius 2 is 1.86 bits per heavy atom. The van der Waals surface area contributed by atoms with Gasteiger partial charge in [-0.3, -0.25) is 4.79 Å². The van der Waals surface area contributed by atoms with Crippen LogP contribution in [-0.4, -0.2) is 37.9 Å². The number of halogens is 2. The summed E-state index contributed by atoms with van der Waals surface area (Å²) in [6, 6.07) is 13.6. The van der Waals surface area contributed by atoms with Gasteiger partial charge in [0, 0.05) is 28.9 Å². The first-order valence-corrected chi connectivity index (χ1v) is 10.8. The Labute approximate surface area is 182 Å². The second-order valence-corrected chi connectivity index (χ2v) is 8.48. The van der Waals surface area contributed by atoms with Crippen molar-refractivity contribution in [3.8, 4) is 0 Å². The Balaban J connectivity index is 1.48. The molecular weight excluding hydrogens is 429 g/mol. The number of nitrogens with zero attached hydrogens (tertiary/aromatic N) is 2. The molecule has 1 saturated heterocycles. The molecule has 0 atom stereocenters. The lowest BCUT2D eigenvalue weighted by atomic mass is 10.1. The lowest BCUT2D eigenvalue weighted by Gasteiger charge is -2.28. The summed E-state index contributed by atoms with van der Waals surface area (Å²) in [7, 11) is 0. The molecule has 1 aliphatic rings. The number of morpholine rings is 1. The number of rotatable bonds is 4. The van der Waals surface area contributed by atoms with Crippen molar-refractivity contribution >= 4 is 61.9 Å². The highest BCUT2D eigenvalue weighted by Crippen LogP contribution is 2.39. The maximum atomic E-state index is 12.6. The van der Waals surface area contributed by atoms with Gasteiger partial charge in [0.25, 0.3) is 5.91 Å². The van der Waals surface area contributed by atoms with Gasteiger partial charge in [0.15, 0.2) is 0 Å². The fourth-order valence-electron chi connectivity index (χ4n) is 3.20. The molecule has 0 bridgehead atoms. The molecule has 1 aliphatic heterocycles. The Bertz CT molecular complexity index is 1070. The summed E-state index contributed by atoms with van der Waals surface area (Å²) in [5.41, 5.74) is 5.40. The van der Waals surface area contributed by atoms with Gasteiger partial charge in [0.1, 0.15) is 4.88 Å². The zero-order chi connectivity index (χ0) is 20.4. The fourth-order valence-corrected chi connectivity index (χ4v) is 5.05. The first-order chi connectivity index (χ1) is 14.0. The topological polar surface area (TPSA) is 53.9 Å².